The second-order valence-electron chi connectivity index (χ2n) is 10.2. The SMILES string of the molecule is CS(=O)(=O)N(CC(=O)N(Cc1ccc(Cl)cc1)[C@@H](Cc1ccccc1)C(=O)NC1CCCC1)c1ccc(F)c(Cl)c1. The molecule has 0 saturated heterocycles. The molecule has 0 heterocycles. The van der Waals surface area contributed by atoms with E-state index in [0.717, 1.165) is 53.9 Å². The smallest absolute Gasteiger partial charge is 0.244 e. The highest BCUT2D eigenvalue weighted by Crippen LogP contribution is 2.26. The fourth-order valence-corrected chi connectivity index (χ4v) is 6.10. The number of sulfonamides is 1. The number of anilines is 1. The van der Waals surface area contributed by atoms with Gasteiger partial charge in [0.15, 0.2) is 0 Å². The van der Waals surface area contributed by atoms with Crippen molar-refractivity contribution < 1.29 is 22.4 Å². The zero-order valence-corrected chi connectivity index (χ0v) is 24.9. The molecule has 3 aromatic carbocycles. The van der Waals surface area contributed by atoms with Gasteiger partial charge < -0.3 is 10.2 Å². The Labute approximate surface area is 250 Å². The van der Waals surface area contributed by atoms with Crippen LogP contribution in [0.25, 0.3) is 0 Å². The molecule has 0 aliphatic heterocycles. The zero-order valence-electron chi connectivity index (χ0n) is 22.6. The molecule has 0 radical (unpaired) electrons. The van der Waals surface area contributed by atoms with E-state index in [2.05, 4.69) is 5.32 Å². The molecule has 1 saturated carbocycles. The molecule has 1 N–H and O–H groups in total. The molecule has 7 nitrogen and oxygen atoms in total. The Bertz CT molecular complexity index is 1470. The van der Waals surface area contributed by atoms with Gasteiger partial charge in [-0.05, 0) is 54.3 Å². The molecule has 1 aliphatic rings. The van der Waals surface area contributed by atoms with Crippen LogP contribution in [0.5, 0.6) is 0 Å². The van der Waals surface area contributed by atoms with Crippen molar-refractivity contribution in [1.82, 2.24) is 10.2 Å². The third kappa shape index (κ3) is 8.44. The van der Waals surface area contributed by atoms with Crippen molar-refractivity contribution in [2.75, 3.05) is 17.1 Å². The summed E-state index contributed by atoms with van der Waals surface area (Å²) < 4.78 is 40.4. The zero-order chi connectivity index (χ0) is 29.6. The Morgan fingerprint density at radius 2 is 1.63 bits per heavy atom. The van der Waals surface area contributed by atoms with Crippen LogP contribution in [0, 0.1) is 5.82 Å². The van der Waals surface area contributed by atoms with Crippen LogP contribution >= 0.6 is 23.2 Å². The molecule has 0 bridgehead atoms. The Hall–Kier alpha value is -3.14. The maximum atomic E-state index is 14.1. The summed E-state index contributed by atoms with van der Waals surface area (Å²) in [6.45, 7) is -0.580. The van der Waals surface area contributed by atoms with Crippen molar-refractivity contribution in [2.45, 2.75) is 50.7 Å². The molecular formula is C30H32Cl2FN3O4S. The van der Waals surface area contributed by atoms with E-state index in [0.29, 0.717) is 10.6 Å². The maximum absolute atomic E-state index is 14.1. The lowest BCUT2D eigenvalue weighted by atomic mass is 10.0. The largest absolute Gasteiger partial charge is 0.352 e. The molecule has 11 heteroatoms. The summed E-state index contributed by atoms with van der Waals surface area (Å²) in [6.07, 6.45) is 4.94. The number of hydrogen-bond acceptors (Lipinski definition) is 4. The van der Waals surface area contributed by atoms with Crippen molar-refractivity contribution in [3.05, 3.63) is 99.8 Å². The summed E-state index contributed by atoms with van der Waals surface area (Å²) in [6, 6.07) is 18.8. The summed E-state index contributed by atoms with van der Waals surface area (Å²) in [5, 5.41) is 3.35. The van der Waals surface area contributed by atoms with Gasteiger partial charge in [0, 0.05) is 24.0 Å². The quantitative estimate of drug-likeness (QED) is 0.303. The number of halogens is 3. The molecular weight excluding hydrogens is 588 g/mol. The van der Waals surface area contributed by atoms with Gasteiger partial charge in [0.25, 0.3) is 0 Å². The van der Waals surface area contributed by atoms with Crippen LogP contribution in [0.1, 0.15) is 36.8 Å². The number of nitrogens with one attached hydrogen (secondary N) is 1. The highest BCUT2D eigenvalue weighted by Gasteiger charge is 2.34. The molecule has 1 atom stereocenters. The molecule has 0 unspecified atom stereocenters. The van der Waals surface area contributed by atoms with Crippen LogP contribution < -0.4 is 9.62 Å². The van der Waals surface area contributed by atoms with E-state index in [1.165, 1.54) is 11.0 Å². The predicted octanol–water partition coefficient (Wildman–Crippen LogP) is 5.60. The average molecular weight is 621 g/mol. The number of nitrogens with zero attached hydrogens (tertiary/aromatic N) is 2. The van der Waals surface area contributed by atoms with Crippen LogP contribution in [0.3, 0.4) is 0 Å². The fraction of sp³-hybridized carbons (Fsp3) is 0.333. The van der Waals surface area contributed by atoms with E-state index >= 15 is 0 Å². The third-order valence-electron chi connectivity index (χ3n) is 7.11. The third-order valence-corrected chi connectivity index (χ3v) is 8.79. The fourth-order valence-electron chi connectivity index (χ4n) is 4.96. The molecule has 4 rings (SSSR count). The number of amides is 2. The van der Waals surface area contributed by atoms with Gasteiger partial charge in [-0.1, -0.05) is 78.5 Å². The predicted molar refractivity (Wildman–Crippen MR) is 160 cm³/mol. The van der Waals surface area contributed by atoms with E-state index < -0.39 is 34.3 Å². The number of hydrogen-bond donors (Lipinski definition) is 1. The molecule has 41 heavy (non-hydrogen) atoms. The van der Waals surface area contributed by atoms with Crippen molar-refractivity contribution in [1.29, 1.82) is 0 Å². The van der Waals surface area contributed by atoms with E-state index in [-0.39, 0.29) is 35.6 Å². The second-order valence-corrected chi connectivity index (χ2v) is 13.0. The van der Waals surface area contributed by atoms with Crippen LogP contribution in [0.4, 0.5) is 10.1 Å². The monoisotopic (exact) mass is 619 g/mol. The van der Waals surface area contributed by atoms with Crippen molar-refractivity contribution >= 4 is 50.7 Å². The lowest BCUT2D eigenvalue weighted by Gasteiger charge is -2.34. The van der Waals surface area contributed by atoms with Crippen LogP contribution in [0.2, 0.25) is 10.0 Å². The average Bonchev–Trinajstić information content (AvgIpc) is 3.45. The normalized spacial score (nSPS) is 14.4. The number of rotatable bonds is 11. The minimum absolute atomic E-state index is 0.0159. The minimum Gasteiger partial charge on any atom is -0.352 e. The van der Waals surface area contributed by atoms with Crippen molar-refractivity contribution in [3.63, 3.8) is 0 Å². The standard InChI is InChI=1S/C30H32Cl2FN3O4S/c1-41(39,40)36(25-15-16-27(33)26(32)18-25)20-29(37)35(19-22-11-13-23(31)14-12-22)28(17-21-7-3-2-4-8-21)30(38)34-24-9-5-6-10-24/h2-4,7-8,11-16,18,24,28H,5-6,9-10,17,19-20H2,1H3,(H,34,38)/t28-/m0/s1. The number of carbonyl (C=O) groups is 2. The van der Waals surface area contributed by atoms with Gasteiger partial charge in [0.05, 0.1) is 17.0 Å². The highest BCUT2D eigenvalue weighted by molar-refractivity contribution is 7.92. The summed E-state index contributed by atoms with van der Waals surface area (Å²) in [7, 11) is -3.99. The van der Waals surface area contributed by atoms with Gasteiger partial charge in [-0.3, -0.25) is 13.9 Å². The molecule has 0 aromatic heterocycles. The maximum Gasteiger partial charge on any atom is 0.244 e. The van der Waals surface area contributed by atoms with E-state index in [9.17, 15) is 22.4 Å². The first kappa shape index (κ1) is 30.8. The van der Waals surface area contributed by atoms with Gasteiger partial charge >= 0.3 is 0 Å². The van der Waals surface area contributed by atoms with E-state index in [1.54, 1.807) is 24.3 Å². The lowest BCUT2D eigenvalue weighted by molar-refractivity contribution is -0.140. The topological polar surface area (TPSA) is 86.8 Å². The first-order valence-corrected chi connectivity index (χ1v) is 15.9. The molecule has 1 aliphatic carbocycles. The summed E-state index contributed by atoms with van der Waals surface area (Å²) in [5.74, 6) is -1.63. The highest BCUT2D eigenvalue weighted by atomic mass is 35.5. The summed E-state index contributed by atoms with van der Waals surface area (Å²) >= 11 is 12.0. The van der Waals surface area contributed by atoms with Crippen LogP contribution in [-0.2, 0) is 32.6 Å². The van der Waals surface area contributed by atoms with Crippen molar-refractivity contribution in [2.24, 2.45) is 0 Å². The number of carbonyl (C=O) groups excluding carboxylic acids is 2. The van der Waals surface area contributed by atoms with Crippen LogP contribution in [-0.4, -0.2) is 50.0 Å². The van der Waals surface area contributed by atoms with Gasteiger partial charge in [-0.15, -0.1) is 0 Å². The van der Waals surface area contributed by atoms with Gasteiger partial charge in [0.1, 0.15) is 18.4 Å². The molecule has 1 fully saturated rings. The molecule has 0 spiro atoms. The van der Waals surface area contributed by atoms with Gasteiger partial charge in [-0.25, -0.2) is 12.8 Å². The Kier molecular flexibility index (Phi) is 10.3. The van der Waals surface area contributed by atoms with Crippen LogP contribution in [0.15, 0.2) is 72.8 Å². The Balaban J connectivity index is 1.72. The molecule has 3 aromatic rings. The Morgan fingerprint density at radius 3 is 2.24 bits per heavy atom. The van der Waals surface area contributed by atoms with Gasteiger partial charge in [0.2, 0.25) is 21.8 Å². The first-order valence-electron chi connectivity index (χ1n) is 13.3. The first-order chi connectivity index (χ1) is 19.5. The molecule has 2 amide bonds. The van der Waals surface area contributed by atoms with Gasteiger partial charge in [-0.2, -0.15) is 0 Å². The summed E-state index contributed by atoms with van der Waals surface area (Å²) in [5.41, 5.74) is 1.59. The second kappa shape index (κ2) is 13.7. The lowest BCUT2D eigenvalue weighted by Crippen LogP contribution is -2.54. The summed E-state index contributed by atoms with van der Waals surface area (Å²) in [4.78, 5) is 29.3. The number of benzene rings is 3. The minimum atomic E-state index is -3.99. The van der Waals surface area contributed by atoms with E-state index in [4.69, 9.17) is 23.2 Å². The van der Waals surface area contributed by atoms with E-state index in [1.807, 2.05) is 30.3 Å². The van der Waals surface area contributed by atoms with Crippen molar-refractivity contribution in [3.8, 4) is 0 Å². The Morgan fingerprint density at radius 1 is 0.976 bits per heavy atom. The molecule has 218 valence electrons.